The molecule has 2 aliphatic rings. The Bertz CT molecular complexity index is 1640. The molecule has 0 aliphatic carbocycles. The number of aromatic nitrogens is 1. The first-order chi connectivity index (χ1) is 23.2. The topological polar surface area (TPSA) is 145 Å². The highest BCUT2D eigenvalue weighted by molar-refractivity contribution is 5.83. The summed E-state index contributed by atoms with van der Waals surface area (Å²) in [7, 11) is 1.56. The van der Waals surface area contributed by atoms with E-state index in [1.165, 1.54) is 6.07 Å². The van der Waals surface area contributed by atoms with Crippen molar-refractivity contribution < 1.29 is 33.4 Å². The Morgan fingerprint density at radius 2 is 1.73 bits per heavy atom. The maximum Gasteiger partial charge on any atom is 0.314 e. The van der Waals surface area contributed by atoms with E-state index in [-0.39, 0.29) is 68.9 Å². The van der Waals surface area contributed by atoms with Gasteiger partial charge in [-0.25, -0.2) is 0 Å². The van der Waals surface area contributed by atoms with Crippen molar-refractivity contribution >= 4 is 34.6 Å². The predicted molar refractivity (Wildman–Crippen MR) is 181 cm³/mol. The summed E-state index contributed by atoms with van der Waals surface area (Å²) >= 11 is 0. The van der Waals surface area contributed by atoms with Gasteiger partial charge in [-0.15, -0.1) is 0 Å². The first-order valence-electron chi connectivity index (χ1n) is 16.4. The lowest BCUT2D eigenvalue weighted by Crippen LogP contribution is -2.46. The minimum atomic E-state index is -1.08. The molecule has 0 saturated carbocycles. The highest BCUT2D eigenvalue weighted by atomic mass is 16.5. The summed E-state index contributed by atoms with van der Waals surface area (Å²) < 4.78 is 18.3. The van der Waals surface area contributed by atoms with Crippen LogP contribution in [-0.2, 0) is 41.6 Å². The number of aryl methyl sites for hydroxylation is 1. The van der Waals surface area contributed by atoms with Gasteiger partial charge in [0, 0.05) is 63.5 Å². The lowest BCUT2D eigenvalue weighted by atomic mass is 9.78. The van der Waals surface area contributed by atoms with Crippen LogP contribution in [0.3, 0.4) is 0 Å². The summed E-state index contributed by atoms with van der Waals surface area (Å²) in [6.45, 7) is 4.89. The molecule has 1 atom stereocenters. The molecule has 1 unspecified atom stereocenters. The number of fused-ring (bicyclic) bond motifs is 18. The van der Waals surface area contributed by atoms with Crippen LogP contribution in [0.5, 0.6) is 5.75 Å². The van der Waals surface area contributed by atoms with Crippen molar-refractivity contribution in [1.29, 1.82) is 0 Å². The van der Waals surface area contributed by atoms with E-state index < -0.39 is 11.4 Å². The average Bonchev–Trinajstić information content (AvgIpc) is 3.08. The number of methoxy groups -OCH3 is 1. The lowest BCUT2D eigenvalue weighted by Gasteiger charge is -2.32. The summed E-state index contributed by atoms with van der Waals surface area (Å²) in [5.41, 5.74) is 0.985. The van der Waals surface area contributed by atoms with Crippen molar-refractivity contribution in [3.63, 3.8) is 0 Å². The number of esters is 1. The first kappa shape index (κ1) is 36.1. The van der Waals surface area contributed by atoms with Crippen LogP contribution in [0, 0.1) is 12.3 Å². The van der Waals surface area contributed by atoms with Crippen molar-refractivity contribution in [3.8, 4) is 5.75 Å². The van der Waals surface area contributed by atoms with E-state index in [0.29, 0.717) is 61.2 Å². The molecule has 2 N–H and O–H groups in total. The maximum atomic E-state index is 13.7. The molecule has 12 nitrogen and oxygen atoms in total. The molecule has 12 heteroatoms. The van der Waals surface area contributed by atoms with Crippen molar-refractivity contribution in [2.45, 2.75) is 52.5 Å². The number of amides is 3. The number of para-hydroxylation sites is 1. The van der Waals surface area contributed by atoms with Crippen molar-refractivity contribution in [3.05, 3.63) is 76.1 Å². The second-order valence-electron chi connectivity index (χ2n) is 12.1. The lowest BCUT2D eigenvalue weighted by molar-refractivity contribution is -0.156. The standard InChI is InChI=1S/C36H46N4O8/c1-4-47-35(45)36(16-20-46-3)22-27-12-14-28(15-13-27)48-24-33(43)37-17-8-19-39(18-7-11-32(42)38-25-36)34(44)23-40-26(2)21-31(41)29-9-5-6-10-30(29)40/h5-6,9-10,12-15,21H,4,7-8,11,16-20,22-25H2,1-3H3,(H,37,43)(H,38,42). The van der Waals surface area contributed by atoms with Crippen LogP contribution in [-0.4, -0.2) is 86.3 Å². The Morgan fingerprint density at radius 3 is 2.48 bits per heavy atom. The molecule has 3 heterocycles. The zero-order chi connectivity index (χ0) is 34.5. The molecule has 5 rings (SSSR count). The normalized spacial score (nSPS) is 18.4. The minimum absolute atomic E-state index is 0.0130. The zero-order valence-corrected chi connectivity index (χ0v) is 28.0. The van der Waals surface area contributed by atoms with Gasteiger partial charge in [-0.3, -0.25) is 24.0 Å². The number of nitrogens with zero attached hydrogens (tertiary/aromatic N) is 2. The molecule has 258 valence electrons. The molecule has 3 aromatic rings. The van der Waals surface area contributed by atoms with E-state index in [0.717, 1.165) is 5.56 Å². The highest BCUT2D eigenvalue weighted by Gasteiger charge is 2.40. The number of rotatable bonds is 7. The third-order valence-corrected chi connectivity index (χ3v) is 8.58. The van der Waals surface area contributed by atoms with Crippen LogP contribution in [0.2, 0.25) is 0 Å². The molecule has 2 bridgehead atoms. The van der Waals surface area contributed by atoms with E-state index in [2.05, 4.69) is 10.6 Å². The smallest absolute Gasteiger partial charge is 0.314 e. The molecule has 48 heavy (non-hydrogen) atoms. The van der Waals surface area contributed by atoms with Crippen molar-refractivity contribution in [1.82, 2.24) is 20.1 Å². The van der Waals surface area contributed by atoms with Crippen molar-refractivity contribution in [2.75, 3.05) is 53.1 Å². The van der Waals surface area contributed by atoms with Gasteiger partial charge in [0.25, 0.3) is 5.91 Å². The Morgan fingerprint density at radius 1 is 0.979 bits per heavy atom. The molecule has 0 radical (unpaired) electrons. The second-order valence-corrected chi connectivity index (χ2v) is 12.1. The van der Waals surface area contributed by atoms with Crippen molar-refractivity contribution in [2.24, 2.45) is 5.41 Å². The molecule has 2 aromatic carbocycles. The summed E-state index contributed by atoms with van der Waals surface area (Å²) in [5.74, 6) is -0.644. The summed E-state index contributed by atoms with van der Waals surface area (Å²) in [4.78, 5) is 67.0. The largest absolute Gasteiger partial charge is 0.484 e. The highest BCUT2D eigenvalue weighted by Crippen LogP contribution is 2.30. The number of carbonyl (C=O) groups is 4. The van der Waals surface area contributed by atoms with Gasteiger partial charge in [-0.1, -0.05) is 24.3 Å². The average molecular weight is 663 g/mol. The van der Waals surface area contributed by atoms with E-state index >= 15 is 0 Å². The molecular weight excluding hydrogens is 616 g/mol. The number of hydrogen-bond acceptors (Lipinski definition) is 8. The van der Waals surface area contributed by atoms with Gasteiger partial charge in [0.05, 0.1) is 17.5 Å². The van der Waals surface area contributed by atoms with Gasteiger partial charge in [-0.2, -0.15) is 0 Å². The molecule has 0 fully saturated rings. The Balaban J connectivity index is 1.55. The van der Waals surface area contributed by atoms with Crippen LogP contribution >= 0.6 is 0 Å². The quantitative estimate of drug-likeness (QED) is 0.368. The fourth-order valence-electron chi connectivity index (χ4n) is 5.90. The molecule has 0 saturated heterocycles. The number of hydrogen-bond donors (Lipinski definition) is 2. The fourth-order valence-corrected chi connectivity index (χ4v) is 5.90. The van der Waals surface area contributed by atoms with E-state index in [1.807, 2.05) is 28.8 Å². The van der Waals surface area contributed by atoms with Gasteiger partial charge >= 0.3 is 5.97 Å². The van der Waals surface area contributed by atoms with Crippen LogP contribution in [0.15, 0.2) is 59.4 Å². The number of nitrogens with one attached hydrogen (secondary N) is 2. The Kier molecular flexibility index (Phi) is 13.1. The van der Waals surface area contributed by atoms with Crippen LogP contribution in [0.25, 0.3) is 10.9 Å². The van der Waals surface area contributed by atoms with E-state index in [9.17, 15) is 24.0 Å². The van der Waals surface area contributed by atoms with E-state index in [1.54, 1.807) is 50.1 Å². The summed E-state index contributed by atoms with van der Waals surface area (Å²) in [6.07, 6.45) is 1.62. The number of benzene rings is 2. The number of pyridine rings is 1. The maximum absolute atomic E-state index is 13.7. The Hall–Kier alpha value is -4.71. The van der Waals surface area contributed by atoms with Gasteiger partial charge in [-0.05, 0) is 69.4 Å². The SMILES string of the molecule is CCOC(=O)C1(CCOC)CNC(=O)CCCN(C(=O)Cn2c(C)cc(=O)c3ccccc32)CCCNC(=O)COc2ccc(cc2)C1. The fraction of sp³-hybridized carbons (Fsp3) is 0.472. The van der Waals surface area contributed by atoms with Crippen LogP contribution in [0.1, 0.15) is 43.9 Å². The third-order valence-electron chi connectivity index (χ3n) is 8.58. The van der Waals surface area contributed by atoms with Gasteiger partial charge < -0.3 is 34.3 Å². The summed E-state index contributed by atoms with van der Waals surface area (Å²) in [5, 5.41) is 6.32. The molecule has 1 aromatic heterocycles. The van der Waals surface area contributed by atoms with Crippen LogP contribution < -0.4 is 20.8 Å². The van der Waals surface area contributed by atoms with E-state index in [4.69, 9.17) is 14.2 Å². The van der Waals surface area contributed by atoms with Gasteiger partial charge in [0.15, 0.2) is 12.0 Å². The van der Waals surface area contributed by atoms with Gasteiger partial charge in [0.2, 0.25) is 11.8 Å². The first-order valence-corrected chi connectivity index (χ1v) is 16.4. The summed E-state index contributed by atoms with van der Waals surface area (Å²) in [6, 6.07) is 15.8. The molecular formula is C36H46N4O8. The second kappa shape index (κ2) is 17.4. The number of ether oxygens (including phenoxy) is 3. The third kappa shape index (κ3) is 9.66. The van der Waals surface area contributed by atoms with Gasteiger partial charge in [0.1, 0.15) is 12.3 Å². The predicted octanol–water partition coefficient (Wildman–Crippen LogP) is 2.76. The minimum Gasteiger partial charge on any atom is -0.484 e. The Labute approximate surface area is 280 Å². The molecule has 0 spiro atoms. The molecule has 2 aliphatic heterocycles. The van der Waals surface area contributed by atoms with Crippen LogP contribution in [0.4, 0.5) is 0 Å². The zero-order valence-electron chi connectivity index (χ0n) is 28.0. The molecule has 3 amide bonds. The monoisotopic (exact) mass is 662 g/mol. The number of carbonyl (C=O) groups excluding carboxylic acids is 4.